The number of aliphatic carboxylic acids is 1. The maximum absolute atomic E-state index is 13.3. The summed E-state index contributed by atoms with van der Waals surface area (Å²) in [6.45, 7) is 18.0. The van der Waals surface area contributed by atoms with Gasteiger partial charge in [-0.1, -0.05) is 41.5 Å². The zero-order valence-electron chi connectivity index (χ0n) is 31.2. The Labute approximate surface area is 294 Å². The normalized spacial score (nSPS) is 45.1. The second kappa shape index (κ2) is 12.7. The lowest BCUT2D eigenvalue weighted by Crippen LogP contribution is -2.67. The molecule has 7 rings (SSSR count). The molecule has 0 aromatic rings. The van der Waals surface area contributed by atoms with Gasteiger partial charge >= 0.3 is 18.0 Å². The Bertz CT molecular complexity index is 1290. The van der Waals surface area contributed by atoms with Gasteiger partial charge in [0.2, 0.25) is 0 Å². The summed E-state index contributed by atoms with van der Waals surface area (Å²) in [5.74, 6) is 1.03. The lowest BCUT2D eigenvalue weighted by molar-refractivity contribution is -0.249. The molecule has 6 aliphatic carbocycles. The smallest absolute Gasteiger partial charge is 0.407 e. The highest BCUT2D eigenvalue weighted by molar-refractivity contribution is 5.76. The van der Waals surface area contributed by atoms with Crippen molar-refractivity contribution in [2.75, 3.05) is 39.5 Å². The summed E-state index contributed by atoms with van der Waals surface area (Å²) in [7, 11) is 0. The molecule has 1 amide bonds. The minimum atomic E-state index is -0.677. The number of amides is 1. The number of carboxylic acids is 1. The summed E-state index contributed by atoms with van der Waals surface area (Å²) in [5, 5.41) is 14.0. The maximum Gasteiger partial charge on any atom is 0.407 e. The van der Waals surface area contributed by atoms with Gasteiger partial charge in [0.05, 0.1) is 31.8 Å². The van der Waals surface area contributed by atoms with Crippen LogP contribution in [0.3, 0.4) is 0 Å². The van der Waals surface area contributed by atoms with Gasteiger partial charge in [0.25, 0.3) is 0 Å². The Balaban J connectivity index is 1.09. The van der Waals surface area contributed by atoms with Gasteiger partial charge in [-0.2, -0.15) is 0 Å². The van der Waals surface area contributed by atoms with Crippen LogP contribution in [0.5, 0.6) is 0 Å². The van der Waals surface area contributed by atoms with Crippen LogP contribution in [0.1, 0.15) is 119 Å². The van der Waals surface area contributed by atoms with Gasteiger partial charge in [-0.05, 0) is 129 Å². The molecule has 49 heavy (non-hydrogen) atoms. The van der Waals surface area contributed by atoms with Crippen molar-refractivity contribution in [3.8, 4) is 0 Å². The van der Waals surface area contributed by atoms with E-state index >= 15 is 0 Å². The number of hydrogen-bond acceptors (Lipinski definition) is 7. The van der Waals surface area contributed by atoms with Crippen molar-refractivity contribution in [2.45, 2.75) is 131 Å². The van der Waals surface area contributed by atoms with Gasteiger partial charge in [0.15, 0.2) is 0 Å². The summed E-state index contributed by atoms with van der Waals surface area (Å²) >= 11 is 0. The number of alkyl carbamates (subject to hydrolysis) is 1. The largest absolute Gasteiger partial charge is 0.481 e. The predicted octanol–water partition coefficient (Wildman–Crippen LogP) is 6.92. The number of nitrogens with zero attached hydrogens (tertiary/aromatic N) is 1. The summed E-state index contributed by atoms with van der Waals surface area (Å²) < 4.78 is 17.5. The van der Waals surface area contributed by atoms with Crippen molar-refractivity contribution in [3.63, 3.8) is 0 Å². The van der Waals surface area contributed by atoms with Gasteiger partial charge in [-0.15, -0.1) is 0 Å². The third-order valence-electron chi connectivity index (χ3n) is 16.7. The number of carbonyl (C=O) groups is 3. The highest BCUT2D eigenvalue weighted by Gasteiger charge is 2.72. The van der Waals surface area contributed by atoms with Crippen LogP contribution < -0.4 is 5.32 Å². The number of fused-ring (bicyclic) bond motifs is 7. The highest BCUT2D eigenvalue weighted by atomic mass is 16.6. The first kappa shape index (κ1) is 35.5. The summed E-state index contributed by atoms with van der Waals surface area (Å²) in [5.41, 5.74) is -0.479. The molecular weight excluding hydrogens is 620 g/mol. The minimum absolute atomic E-state index is 0.0461. The van der Waals surface area contributed by atoms with E-state index in [1.54, 1.807) is 0 Å². The van der Waals surface area contributed by atoms with Gasteiger partial charge < -0.3 is 24.6 Å². The Kier molecular flexibility index (Phi) is 9.18. The Morgan fingerprint density at radius 3 is 2.29 bits per heavy atom. The highest BCUT2D eigenvalue weighted by Crippen LogP contribution is 2.77. The van der Waals surface area contributed by atoms with E-state index < -0.39 is 11.4 Å². The second-order valence-corrected chi connectivity index (χ2v) is 19.1. The molecule has 9 heteroatoms. The third-order valence-corrected chi connectivity index (χ3v) is 16.7. The van der Waals surface area contributed by atoms with Crippen LogP contribution in [-0.4, -0.2) is 79.6 Å². The van der Waals surface area contributed by atoms with Crippen LogP contribution in [0.4, 0.5) is 4.79 Å². The van der Waals surface area contributed by atoms with E-state index in [9.17, 15) is 19.5 Å². The number of ether oxygens (including phenoxy) is 3. The Morgan fingerprint density at radius 1 is 0.857 bits per heavy atom. The van der Waals surface area contributed by atoms with Crippen molar-refractivity contribution in [1.29, 1.82) is 0 Å². The SMILES string of the molecule is CC(COC(=O)CN1CCOCC1)[C@@H]1CC[C@]2(C(=O)O)CC[C@]3(C)C(CCC4[C@@]5(C)CC[C@@H](OC(=O)NC6CC6)C(C)(C)C5CC[C@]43C)C12. The lowest BCUT2D eigenvalue weighted by atomic mass is 9.32. The van der Waals surface area contributed by atoms with E-state index in [1.807, 2.05) is 0 Å². The molecule has 0 bridgehead atoms. The first-order valence-corrected chi connectivity index (χ1v) is 19.8. The van der Waals surface area contributed by atoms with E-state index in [4.69, 9.17) is 14.2 Å². The van der Waals surface area contributed by atoms with Crippen LogP contribution in [0.2, 0.25) is 0 Å². The number of carboxylic acid groups (broad SMARTS) is 1. The molecule has 276 valence electrons. The van der Waals surface area contributed by atoms with Crippen LogP contribution in [0.25, 0.3) is 0 Å². The van der Waals surface area contributed by atoms with Gasteiger partial charge in [0, 0.05) is 24.5 Å². The Hall–Kier alpha value is -1.87. The third kappa shape index (κ3) is 5.74. The molecule has 0 aromatic heterocycles. The molecule has 0 radical (unpaired) electrons. The second-order valence-electron chi connectivity index (χ2n) is 19.1. The fourth-order valence-electron chi connectivity index (χ4n) is 13.7. The van der Waals surface area contributed by atoms with Crippen LogP contribution in [0, 0.1) is 62.6 Å². The molecule has 7 fully saturated rings. The summed E-state index contributed by atoms with van der Waals surface area (Å²) in [4.78, 5) is 41.0. The summed E-state index contributed by atoms with van der Waals surface area (Å²) in [6, 6.07) is 0.295. The van der Waals surface area contributed by atoms with E-state index in [1.165, 1.54) is 0 Å². The molecule has 1 aliphatic heterocycles. The monoisotopic (exact) mass is 684 g/mol. The number of nitrogens with one attached hydrogen (secondary N) is 1. The summed E-state index contributed by atoms with van der Waals surface area (Å²) in [6.07, 6.45) is 11.6. The molecule has 7 aliphatic rings. The first-order valence-electron chi connectivity index (χ1n) is 19.8. The zero-order chi connectivity index (χ0) is 35.0. The molecule has 0 aromatic carbocycles. The zero-order valence-corrected chi connectivity index (χ0v) is 31.2. The van der Waals surface area contributed by atoms with Crippen molar-refractivity contribution in [2.24, 2.45) is 62.6 Å². The number of morpholine rings is 1. The molecule has 2 N–H and O–H groups in total. The van der Waals surface area contributed by atoms with Crippen molar-refractivity contribution in [3.05, 3.63) is 0 Å². The van der Waals surface area contributed by atoms with E-state index in [2.05, 4.69) is 51.8 Å². The fourth-order valence-corrected chi connectivity index (χ4v) is 13.7. The fraction of sp³-hybridized carbons (Fsp3) is 0.925. The molecular formula is C40H64N2O7. The topological polar surface area (TPSA) is 114 Å². The Morgan fingerprint density at radius 2 is 1.59 bits per heavy atom. The maximum atomic E-state index is 13.3. The van der Waals surface area contributed by atoms with Gasteiger partial charge in [-0.3, -0.25) is 14.5 Å². The number of esters is 1. The minimum Gasteiger partial charge on any atom is -0.481 e. The number of hydrogen-bond donors (Lipinski definition) is 2. The van der Waals surface area contributed by atoms with Gasteiger partial charge in [0.1, 0.15) is 6.10 Å². The molecule has 1 heterocycles. The van der Waals surface area contributed by atoms with Crippen molar-refractivity contribution in [1.82, 2.24) is 10.2 Å². The molecule has 11 atom stereocenters. The van der Waals surface area contributed by atoms with Gasteiger partial charge in [-0.25, -0.2) is 4.79 Å². The van der Waals surface area contributed by atoms with E-state index in [0.29, 0.717) is 50.2 Å². The molecule has 1 saturated heterocycles. The molecule has 9 nitrogen and oxygen atoms in total. The molecule has 5 unspecified atom stereocenters. The van der Waals surface area contributed by atoms with Crippen LogP contribution in [0.15, 0.2) is 0 Å². The predicted molar refractivity (Wildman–Crippen MR) is 186 cm³/mol. The number of carbonyl (C=O) groups excluding carboxylic acids is 2. The quantitative estimate of drug-likeness (QED) is 0.265. The standard InChI is InChI=1S/C40H64N2O7/c1-25(24-48-32(43)23-42-19-21-47-22-20-42)27-11-16-40(34(44)45)18-17-38(5)28(33(27)40)9-10-30-37(4)14-13-31(49-35(46)41-26-7-8-26)36(2,3)29(37)12-15-39(30,38)6/h25-31,33H,7-24H2,1-6H3,(H,41,46)(H,44,45)/t25?,27-,28?,29?,30?,31+,33?,37-,38+,39+,40-/m0/s1. The van der Waals surface area contributed by atoms with Crippen LogP contribution >= 0.6 is 0 Å². The molecule has 6 saturated carbocycles. The lowest BCUT2D eigenvalue weighted by Gasteiger charge is -2.72. The van der Waals surface area contributed by atoms with E-state index in [0.717, 1.165) is 90.1 Å². The molecule has 0 spiro atoms. The average molecular weight is 685 g/mol. The van der Waals surface area contributed by atoms with Crippen molar-refractivity contribution >= 4 is 18.0 Å². The van der Waals surface area contributed by atoms with Crippen molar-refractivity contribution < 1.29 is 33.7 Å². The van der Waals surface area contributed by atoms with Crippen LogP contribution in [-0.2, 0) is 23.8 Å². The first-order chi connectivity index (χ1) is 23.2. The average Bonchev–Trinajstić information content (AvgIpc) is 3.77. The van der Waals surface area contributed by atoms with E-state index in [-0.39, 0.29) is 57.6 Å². The number of rotatable bonds is 8.